The Morgan fingerprint density at radius 3 is 1.36 bits per heavy atom. The van der Waals surface area contributed by atoms with E-state index in [0.717, 1.165) is 0 Å². The van der Waals surface area contributed by atoms with E-state index in [9.17, 15) is 16.8 Å². The van der Waals surface area contributed by atoms with Crippen LogP contribution in [0.1, 0.15) is 37.3 Å². The molecule has 0 amide bonds. The van der Waals surface area contributed by atoms with Gasteiger partial charge < -0.3 is 9.13 Å². The first kappa shape index (κ1) is 21.0. The molecule has 0 unspecified atom stereocenters. The Kier molecular flexibility index (Phi) is 5.67. The van der Waals surface area contributed by atoms with E-state index in [2.05, 4.69) is 19.4 Å². The Bertz CT molecular complexity index is 938. The van der Waals surface area contributed by atoms with Gasteiger partial charge in [0, 0.05) is 38.6 Å². The van der Waals surface area contributed by atoms with Gasteiger partial charge in [0.2, 0.25) is 0 Å². The van der Waals surface area contributed by atoms with Gasteiger partial charge in [-0.1, -0.05) is 0 Å². The molecule has 1 fully saturated rings. The van der Waals surface area contributed by atoms with Crippen molar-refractivity contribution >= 4 is 20.0 Å². The summed E-state index contributed by atoms with van der Waals surface area (Å²) in [4.78, 5) is 8.13. The molecule has 3 rings (SSSR count). The van der Waals surface area contributed by atoms with Gasteiger partial charge in [0.25, 0.3) is 20.0 Å². The lowest BCUT2D eigenvalue weighted by atomic mass is 9.92. The monoisotopic (exact) mass is 430 g/mol. The molecule has 12 heteroatoms. The maximum absolute atomic E-state index is 12.5. The summed E-state index contributed by atoms with van der Waals surface area (Å²) in [6, 6.07) is -0.490. The molecule has 1 aliphatic carbocycles. The zero-order chi connectivity index (χ0) is 20.7. The zero-order valence-electron chi connectivity index (χ0n) is 16.4. The van der Waals surface area contributed by atoms with Gasteiger partial charge in [-0.2, -0.15) is 0 Å². The fourth-order valence-corrected chi connectivity index (χ4v) is 5.89. The van der Waals surface area contributed by atoms with Crippen LogP contribution in [0.15, 0.2) is 22.4 Å². The summed E-state index contributed by atoms with van der Waals surface area (Å²) in [5, 5.41) is 0.00157. The minimum absolute atomic E-state index is 0.000785. The van der Waals surface area contributed by atoms with Crippen molar-refractivity contribution in [1.82, 2.24) is 28.5 Å². The molecule has 28 heavy (non-hydrogen) atoms. The van der Waals surface area contributed by atoms with E-state index in [4.69, 9.17) is 0 Å². The fourth-order valence-electron chi connectivity index (χ4n) is 3.20. The molecule has 0 aromatic carbocycles. The Morgan fingerprint density at radius 2 is 1.11 bits per heavy atom. The van der Waals surface area contributed by atoms with E-state index in [-0.39, 0.29) is 22.1 Å². The minimum atomic E-state index is -3.69. The first-order valence-corrected chi connectivity index (χ1v) is 12.0. The van der Waals surface area contributed by atoms with Crippen LogP contribution in [0.2, 0.25) is 0 Å². The van der Waals surface area contributed by atoms with Crippen molar-refractivity contribution in [2.24, 2.45) is 14.1 Å². The lowest BCUT2D eigenvalue weighted by Gasteiger charge is -2.28. The van der Waals surface area contributed by atoms with Gasteiger partial charge in [0.15, 0.2) is 10.1 Å². The van der Waals surface area contributed by atoms with Crippen LogP contribution in [-0.2, 0) is 34.1 Å². The topological polar surface area (TPSA) is 128 Å². The second kappa shape index (κ2) is 7.58. The molecule has 0 aliphatic heterocycles. The average molecular weight is 431 g/mol. The minimum Gasteiger partial charge on any atom is -0.337 e. The molecule has 2 heterocycles. The van der Waals surface area contributed by atoms with Crippen molar-refractivity contribution in [2.45, 2.75) is 61.7 Å². The molecular weight excluding hydrogens is 404 g/mol. The van der Waals surface area contributed by atoms with Crippen LogP contribution in [-0.4, -0.2) is 48.0 Å². The van der Waals surface area contributed by atoms with Crippen LogP contribution >= 0.6 is 0 Å². The van der Waals surface area contributed by atoms with Crippen molar-refractivity contribution in [3.63, 3.8) is 0 Å². The Morgan fingerprint density at radius 1 is 0.786 bits per heavy atom. The van der Waals surface area contributed by atoms with Gasteiger partial charge in [0.1, 0.15) is 11.6 Å². The lowest BCUT2D eigenvalue weighted by molar-refractivity contribution is 0.355. The van der Waals surface area contributed by atoms with E-state index in [1.165, 1.54) is 12.4 Å². The van der Waals surface area contributed by atoms with E-state index < -0.39 is 20.0 Å². The summed E-state index contributed by atoms with van der Waals surface area (Å²) < 4.78 is 58.6. The fraction of sp³-hybridized carbons (Fsp3) is 0.625. The molecule has 2 aromatic rings. The smallest absolute Gasteiger partial charge is 0.259 e. The molecule has 0 radical (unpaired) electrons. The highest BCUT2D eigenvalue weighted by atomic mass is 32.2. The van der Waals surface area contributed by atoms with Crippen LogP contribution in [0.5, 0.6) is 0 Å². The van der Waals surface area contributed by atoms with E-state index in [1.807, 2.05) is 0 Å². The number of sulfonamides is 2. The molecule has 0 saturated heterocycles. The van der Waals surface area contributed by atoms with Crippen LogP contribution in [0.4, 0.5) is 0 Å². The predicted molar refractivity (Wildman–Crippen MR) is 103 cm³/mol. The van der Waals surface area contributed by atoms with Gasteiger partial charge in [-0.25, -0.2) is 36.2 Å². The number of imidazole rings is 2. The van der Waals surface area contributed by atoms with E-state index in [0.29, 0.717) is 37.3 Å². The number of hydrogen-bond donors (Lipinski definition) is 2. The molecule has 0 bridgehead atoms. The molecule has 0 spiro atoms. The molecular formula is C16H26N6O4S2. The van der Waals surface area contributed by atoms with Crippen molar-refractivity contribution in [1.29, 1.82) is 0 Å². The summed E-state index contributed by atoms with van der Waals surface area (Å²) in [5.74, 6) is 1.23. The second-order valence-electron chi connectivity index (χ2n) is 7.27. The standard InChI is InChI=1S/C16H26N6O4S2/c1-11-17-15(9-21(11)3)27(23,24)19-13-5-7-14(8-6-13)20-28(25,26)16-10-22(4)12(2)18-16/h9-10,13-14,19-20H,5-8H2,1-4H3. The van der Waals surface area contributed by atoms with Crippen LogP contribution in [0.3, 0.4) is 0 Å². The van der Waals surface area contributed by atoms with E-state index >= 15 is 0 Å². The number of aromatic nitrogens is 4. The van der Waals surface area contributed by atoms with Crippen molar-refractivity contribution in [3.05, 3.63) is 24.0 Å². The summed E-state index contributed by atoms with van der Waals surface area (Å²) in [6.45, 7) is 3.47. The third kappa shape index (κ3) is 4.45. The number of rotatable bonds is 6. The van der Waals surface area contributed by atoms with Crippen molar-refractivity contribution < 1.29 is 16.8 Å². The number of nitrogens with one attached hydrogen (secondary N) is 2. The van der Waals surface area contributed by atoms with Gasteiger partial charge >= 0.3 is 0 Å². The molecule has 0 atom stereocenters. The highest BCUT2D eigenvalue weighted by Crippen LogP contribution is 2.22. The molecule has 1 saturated carbocycles. The molecule has 2 aromatic heterocycles. The second-order valence-corrected chi connectivity index (χ2v) is 10.6. The van der Waals surface area contributed by atoms with Crippen molar-refractivity contribution in [2.75, 3.05) is 0 Å². The Hall–Kier alpha value is -1.76. The number of nitrogens with zero attached hydrogens (tertiary/aromatic N) is 4. The van der Waals surface area contributed by atoms with E-state index in [1.54, 1.807) is 37.1 Å². The highest BCUT2D eigenvalue weighted by molar-refractivity contribution is 7.89. The maximum Gasteiger partial charge on any atom is 0.259 e. The number of hydrogen-bond acceptors (Lipinski definition) is 6. The summed E-state index contributed by atoms with van der Waals surface area (Å²) in [6.07, 6.45) is 5.12. The van der Waals surface area contributed by atoms with Crippen LogP contribution in [0.25, 0.3) is 0 Å². The summed E-state index contributed by atoms with van der Waals surface area (Å²) >= 11 is 0. The molecule has 156 valence electrons. The van der Waals surface area contributed by atoms with Gasteiger partial charge in [0.05, 0.1) is 0 Å². The maximum atomic E-state index is 12.5. The van der Waals surface area contributed by atoms with Crippen molar-refractivity contribution in [3.8, 4) is 0 Å². The van der Waals surface area contributed by atoms with Gasteiger partial charge in [-0.15, -0.1) is 0 Å². The normalized spacial score (nSPS) is 21.1. The third-order valence-corrected chi connectivity index (χ3v) is 7.88. The lowest BCUT2D eigenvalue weighted by Crippen LogP contribution is -2.43. The Labute approximate surface area is 165 Å². The van der Waals surface area contributed by atoms with Gasteiger partial charge in [-0.05, 0) is 39.5 Å². The van der Waals surface area contributed by atoms with Gasteiger partial charge in [-0.3, -0.25) is 0 Å². The van der Waals surface area contributed by atoms with Crippen LogP contribution < -0.4 is 9.44 Å². The zero-order valence-corrected chi connectivity index (χ0v) is 18.0. The third-order valence-electron chi connectivity index (χ3n) is 5.09. The first-order valence-electron chi connectivity index (χ1n) is 9.02. The summed E-state index contributed by atoms with van der Waals surface area (Å²) in [5.41, 5.74) is 0. The first-order chi connectivity index (χ1) is 13.0. The summed E-state index contributed by atoms with van der Waals surface area (Å²) in [7, 11) is -3.91. The molecule has 10 nitrogen and oxygen atoms in total. The average Bonchev–Trinajstić information content (AvgIpc) is 3.12. The largest absolute Gasteiger partial charge is 0.337 e. The predicted octanol–water partition coefficient (Wildman–Crippen LogP) is 0.338. The molecule has 1 aliphatic rings. The number of aryl methyl sites for hydroxylation is 4. The van der Waals surface area contributed by atoms with Crippen LogP contribution in [0, 0.1) is 13.8 Å². The molecule has 2 N–H and O–H groups in total. The quantitative estimate of drug-likeness (QED) is 0.680. The SMILES string of the molecule is Cc1nc(S(=O)(=O)NC2CCC(NS(=O)(=O)c3cn(C)c(C)n3)CC2)cn1C. The Balaban J connectivity index is 1.58. The highest BCUT2D eigenvalue weighted by Gasteiger charge is 2.30.